The number of hydrogen-bond donors (Lipinski definition) is 1. The molecule has 0 aromatic carbocycles. The van der Waals surface area contributed by atoms with Crippen molar-refractivity contribution in [3.05, 3.63) is 22.8 Å². The van der Waals surface area contributed by atoms with Crippen LogP contribution in [0.25, 0.3) is 9.69 Å². The Morgan fingerprint density at radius 3 is 1.76 bits per heavy atom. The first-order valence-electron chi connectivity index (χ1n) is 21.4. The van der Waals surface area contributed by atoms with Crippen LogP contribution >= 0.6 is 38.6 Å². The van der Waals surface area contributed by atoms with Gasteiger partial charge in [-0.15, -0.1) is 0 Å². The lowest BCUT2D eigenvalue weighted by Gasteiger charge is -2.45. The molecule has 2 fully saturated rings. The fourth-order valence-electron chi connectivity index (χ4n) is 6.65. The van der Waals surface area contributed by atoms with Crippen LogP contribution in [0.4, 0.5) is 0 Å². The standard InChI is InChI=1S/C24H44N3O3PS2.C15H32N3OP.CH4O/c1-20(2)27(21(3)4)31(29-17-14-25-6)30-19-24(5)12-15-26(16-13-24)23(28)10-8-7-9-22-11-18-32-33-22;1-12(2)17(13(3)4)20(19-11-10-16-9)18(14(5)6)15(7)8;1-2/h20-22H,7-19H2,1-5H3;12-15H,10-11H2,1-8H3;2H,1H3/t22-,31?;;/m1../s1/i5T;;2T. The van der Waals surface area contributed by atoms with Gasteiger partial charge in [-0.25, -0.2) is 27.2 Å². The maximum Gasteiger partial charge on any atom is 0.259 e. The minimum Gasteiger partial charge on any atom is -0.400 e. The van der Waals surface area contributed by atoms with Crippen molar-refractivity contribution in [1.82, 2.24) is 18.9 Å². The Kier molecular flexibility index (Phi) is 28.4. The Labute approximate surface area is 351 Å². The van der Waals surface area contributed by atoms with Crippen molar-refractivity contribution >= 4 is 44.5 Å². The molecule has 1 unspecified atom stereocenters. The number of aliphatic hydroxyl groups excluding tert-OH is 1. The lowest BCUT2D eigenvalue weighted by molar-refractivity contribution is -0.133. The number of aliphatic hydroxyl groups is 1. The molecule has 55 heavy (non-hydrogen) atoms. The van der Waals surface area contributed by atoms with Gasteiger partial charge in [-0.05, 0) is 121 Å². The molecule has 2 atom stereocenters. The van der Waals surface area contributed by atoms with E-state index in [-0.39, 0.29) is 23.4 Å². The summed E-state index contributed by atoms with van der Waals surface area (Å²) in [4.78, 5) is 21.5. The van der Waals surface area contributed by atoms with E-state index >= 15 is 0 Å². The lowest BCUT2D eigenvalue weighted by atomic mass is 9.81. The van der Waals surface area contributed by atoms with Crippen LogP contribution < -0.4 is 0 Å². The zero-order valence-corrected chi connectivity index (χ0v) is 40.2. The van der Waals surface area contributed by atoms with E-state index in [0.29, 0.717) is 83.5 Å². The maximum atomic E-state index is 12.7. The number of carbonyl (C=O) groups excluding carboxylic acids is 1. The zero-order valence-electron chi connectivity index (χ0n) is 38.8. The van der Waals surface area contributed by atoms with Crippen molar-refractivity contribution in [1.29, 1.82) is 1.43 Å². The van der Waals surface area contributed by atoms with Crippen LogP contribution in [0.3, 0.4) is 0 Å². The summed E-state index contributed by atoms with van der Waals surface area (Å²) in [5.74, 6) is 1.54. The van der Waals surface area contributed by atoms with E-state index in [4.69, 9.17) is 29.5 Å². The van der Waals surface area contributed by atoms with E-state index in [1.165, 1.54) is 25.7 Å². The number of nitrogens with zero attached hydrogens (tertiary/aromatic N) is 6. The van der Waals surface area contributed by atoms with Crippen molar-refractivity contribution in [2.75, 3.05) is 58.9 Å². The topological polar surface area (TPSA) is 86.7 Å². The predicted molar refractivity (Wildman–Crippen MR) is 240 cm³/mol. The molecule has 15 heteroatoms. The fraction of sp³-hybridized carbons (Fsp3) is 0.925. The highest BCUT2D eigenvalue weighted by Gasteiger charge is 2.36. The fourth-order valence-corrected chi connectivity index (χ4v) is 13.7. The van der Waals surface area contributed by atoms with Crippen molar-refractivity contribution in [2.24, 2.45) is 5.41 Å². The van der Waals surface area contributed by atoms with Crippen molar-refractivity contribution in [3.63, 3.8) is 0 Å². The van der Waals surface area contributed by atoms with Gasteiger partial charge in [0.2, 0.25) is 20.4 Å². The van der Waals surface area contributed by atoms with E-state index in [1.54, 1.807) is 0 Å². The first kappa shape index (κ1) is 50.9. The highest BCUT2D eigenvalue weighted by molar-refractivity contribution is 8.77. The molecule has 2 aliphatic rings. The van der Waals surface area contributed by atoms with E-state index in [2.05, 4.69) is 112 Å². The van der Waals surface area contributed by atoms with Gasteiger partial charge in [0.25, 0.3) is 8.53 Å². The SMILES string of the molecule is [3H]CC1(COP(OCC[N+]#[C-])N(C(C)C)C(C)C)CCN(C(=O)CCCC[C@@H]2CCSS2)CC1.[3H]OC.[C-]#[N+]CCOP(N(C(C)C)C(C)C)N(C(C)C)C(C)C. The van der Waals surface area contributed by atoms with Crippen LogP contribution in [-0.2, 0) is 18.4 Å². The zero-order chi connectivity index (χ0) is 43.6. The second kappa shape index (κ2) is 30.7. The Morgan fingerprint density at radius 1 is 0.855 bits per heavy atom. The summed E-state index contributed by atoms with van der Waals surface area (Å²) in [6.07, 6.45) is 6.91. The van der Waals surface area contributed by atoms with Gasteiger partial charge in [-0.1, -0.05) is 34.9 Å². The molecule has 0 aromatic rings. The highest BCUT2D eigenvalue weighted by atomic mass is 33.1. The summed E-state index contributed by atoms with van der Waals surface area (Å²) in [6, 6.07) is 2.22. The number of rotatable bonds is 23. The van der Waals surface area contributed by atoms with Gasteiger partial charge in [0.1, 0.15) is 13.2 Å². The van der Waals surface area contributed by atoms with Crippen LogP contribution in [-0.4, -0.2) is 132 Å². The molecule has 11 nitrogen and oxygen atoms in total. The third-order valence-corrected chi connectivity index (χ3v) is 17.2. The molecule has 0 radical (unpaired) electrons. The minimum absolute atomic E-state index is 0.239. The molecule has 0 aromatic heterocycles. The van der Waals surface area contributed by atoms with Gasteiger partial charge in [-0.2, -0.15) is 0 Å². The van der Waals surface area contributed by atoms with Crippen LogP contribution in [0.15, 0.2) is 0 Å². The highest BCUT2D eigenvalue weighted by Crippen LogP contribution is 2.51. The maximum absolute atomic E-state index is 12.7. The van der Waals surface area contributed by atoms with Crippen LogP contribution in [0.5, 0.6) is 0 Å². The van der Waals surface area contributed by atoms with Gasteiger partial charge < -0.3 is 33.3 Å². The Hall–Kier alpha value is -0.270. The minimum atomic E-state index is -1.29. The van der Waals surface area contributed by atoms with Crippen LogP contribution in [0.1, 0.15) is 136 Å². The molecule has 322 valence electrons. The number of amides is 1. The molecule has 2 rings (SSSR count). The summed E-state index contributed by atoms with van der Waals surface area (Å²) in [5.41, 5.74) is -0.239. The van der Waals surface area contributed by atoms with Gasteiger partial charge >= 0.3 is 0 Å². The molecular weight excluding hydrogens is 771 g/mol. The predicted octanol–water partition coefficient (Wildman–Crippen LogP) is 10.6. The van der Waals surface area contributed by atoms with Crippen molar-refractivity contribution in [2.45, 2.75) is 176 Å². The summed E-state index contributed by atoms with van der Waals surface area (Å²) < 4.78 is 39.6. The molecule has 1 N–H and O–H groups in total. The Balaban J connectivity index is 0.00000116. The summed E-state index contributed by atoms with van der Waals surface area (Å²) in [6.45, 7) is 44.0. The van der Waals surface area contributed by atoms with Gasteiger partial charge in [0.05, 0.1) is 6.61 Å². The van der Waals surface area contributed by atoms with Gasteiger partial charge in [0, 0.05) is 75.2 Å². The van der Waals surface area contributed by atoms with E-state index in [1.807, 2.05) is 26.5 Å². The van der Waals surface area contributed by atoms with Crippen molar-refractivity contribution in [3.8, 4) is 0 Å². The lowest BCUT2D eigenvalue weighted by Crippen LogP contribution is -2.44. The molecule has 0 bridgehead atoms. The monoisotopic (exact) mass is 855 g/mol. The van der Waals surface area contributed by atoms with Crippen LogP contribution in [0, 0.1) is 18.6 Å². The number of hydrogen-bond acceptors (Lipinski definition) is 10. The third kappa shape index (κ3) is 21.5. The average molecular weight is 855 g/mol. The quantitative estimate of drug-likeness (QED) is 0.0464. The number of unbranched alkanes of at least 4 members (excludes halogenated alkanes) is 1. The van der Waals surface area contributed by atoms with Gasteiger partial charge in [0.15, 0.2) is 8.45 Å². The van der Waals surface area contributed by atoms with Crippen molar-refractivity contribution < 1.29 is 24.8 Å². The molecule has 2 aliphatic heterocycles. The third-order valence-electron chi connectivity index (χ3n) is 9.12. The first-order chi connectivity index (χ1) is 27.0. The van der Waals surface area contributed by atoms with E-state index < -0.39 is 17.0 Å². The normalized spacial score (nSPS) is 18.2. The largest absolute Gasteiger partial charge is 0.400 e. The van der Waals surface area contributed by atoms with E-state index in [0.717, 1.165) is 30.9 Å². The summed E-state index contributed by atoms with van der Waals surface area (Å²) in [7, 11) is 3.16. The summed E-state index contributed by atoms with van der Waals surface area (Å²) >= 11 is 0. The molecule has 1 amide bonds. The second-order valence-electron chi connectivity index (χ2n) is 15.9. The number of piperidine rings is 1. The Morgan fingerprint density at radius 2 is 1.35 bits per heavy atom. The smallest absolute Gasteiger partial charge is 0.259 e. The average Bonchev–Trinajstić information content (AvgIpc) is 3.66. The van der Waals surface area contributed by atoms with Gasteiger partial charge in [-0.3, -0.25) is 4.79 Å². The summed E-state index contributed by atoms with van der Waals surface area (Å²) in [5, 5.41) is 4.28. The number of likely N-dealkylation sites (tertiary alicyclic amines) is 1. The molecule has 0 spiro atoms. The molecule has 2 heterocycles. The van der Waals surface area contributed by atoms with Crippen LogP contribution in [0.2, 0.25) is 0 Å². The molecule has 2 saturated heterocycles. The molecular formula is C40H80N6O5P2S2. The molecule has 0 saturated carbocycles. The second-order valence-corrected chi connectivity index (χ2v) is 21.8. The first-order valence-corrected chi connectivity index (χ1v) is 25.0. The molecule has 0 aliphatic carbocycles. The Bertz CT molecular complexity index is 1080. The number of carbonyl (C=O) groups is 1. The van der Waals surface area contributed by atoms with E-state index in [9.17, 15) is 4.79 Å².